The van der Waals surface area contributed by atoms with E-state index in [-0.39, 0.29) is 0 Å². The average molecular weight is 355 g/mol. The minimum atomic E-state index is -3.19. The fourth-order valence-electron chi connectivity index (χ4n) is 2.51. The summed E-state index contributed by atoms with van der Waals surface area (Å²) in [5, 5.41) is 11.2. The number of nitrogens with one attached hydrogen (secondary N) is 1. The standard InChI is InChI=1S/C17H13N3O2S2/c1-24(21,22)12-8-6-11(7-9-12)15-10-23-17(18-15)16-13-4-2-3-5-14(13)19-20-16/h2-10H,1H3,(H,19,20). The maximum atomic E-state index is 11.5. The van der Waals surface area contributed by atoms with E-state index in [0.717, 1.165) is 32.9 Å². The molecule has 4 rings (SSSR count). The van der Waals surface area contributed by atoms with Crippen molar-refractivity contribution in [3.05, 3.63) is 53.9 Å². The Morgan fingerprint density at radius 1 is 1.04 bits per heavy atom. The first kappa shape index (κ1) is 15.0. The van der Waals surface area contributed by atoms with Crippen LogP contribution in [0.15, 0.2) is 58.8 Å². The zero-order valence-electron chi connectivity index (χ0n) is 12.7. The van der Waals surface area contributed by atoms with E-state index in [0.29, 0.717) is 4.90 Å². The second-order valence-electron chi connectivity index (χ2n) is 5.45. The van der Waals surface area contributed by atoms with Crippen LogP contribution in [0.3, 0.4) is 0 Å². The number of sulfone groups is 1. The number of hydrogen-bond acceptors (Lipinski definition) is 5. The number of rotatable bonds is 3. The predicted octanol–water partition coefficient (Wildman–Crippen LogP) is 3.76. The molecule has 120 valence electrons. The predicted molar refractivity (Wildman–Crippen MR) is 95.7 cm³/mol. The number of thiazole rings is 1. The summed E-state index contributed by atoms with van der Waals surface area (Å²) >= 11 is 1.51. The van der Waals surface area contributed by atoms with Crippen molar-refractivity contribution in [1.29, 1.82) is 0 Å². The van der Waals surface area contributed by atoms with Gasteiger partial charge >= 0.3 is 0 Å². The molecule has 0 saturated carbocycles. The Morgan fingerprint density at radius 3 is 2.54 bits per heavy atom. The summed E-state index contributed by atoms with van der Waals surface area (Å²) in [6, 6.07) is 14.7. The van der Waals surface area contributed by atoms with Gasteiger partial charge in [0.05, 0.1) is 16.1 Å². The minimum absolute atomic E-state index is 0.306. The molecule has 0 saturated heterocycles. The molecular weight excluding hydrogens is 342 g/mol. The van der Waals surface area contributed by atoms with Crippen molar-refractivity contribution in [2.24, 2.45) is 0 Å². The van der Waals surface area contributed by atoms with E-state index in [2.05, 4.69) is 15.2 Å². The van der Waals surface area contributed by atoms with Gasteiger partial charge < -0.3 is 0 Å². The summed E-state index contributed by atoms with van der Waals surface area (Å²) < 4.78 is 23.1. The van der Waals surface area contributed by atoms with Gasteiger partial charge in [0.15, 0.2) is 9.84 Å². The Labute approximate surface area is 142 Å². The fraction of sp³-hybridized carbons (Fsp3) is 0.0588. The number of aromatic nitrogens is 3. The normalized spacial score (nSPS) is 11.9. The monoisotopic (exact) mass is 355 g/mol. The molecule has 5 nitrogen and oxygen atoms in total. The number of nitrogens with zero attached hydrogens (tertiary/aromatic N) is 2. The molecule has 4 aromatic rings. The van der Waals surface area contributed by atoms with Crippen LogP contribution in [0.25, 0.3) is 32.9 Å². The van der Waals surface area contributed by atoms with Crippen LogP contribution in [0.1, 0.15) is 0 Å². The molecular formula is C17H13N3O2S2. The molecule has 0 bridgehead atoms. The molecule has 0 spiro atoms. The van der Waals surface area contributed by atoms with Gasteiger partial charge in [0, 0.05) is 22.6 Å². The van der Waals surface area contributed by atoms with Crippen molar-refractivity contribution >= 4 is 32.1 Å². The van der Waals surface area contributed by atoms with Gasteiger partial charge in [-0.1, -0.05) is 30.3 Å². The van der Waals surface area contributed by atoms with E-state index in [1.807, 2.05) is 29.6 Å². The lowest BCUT2D eigenvalue weighted by atomic mass is 10.2. The van der Waals surface area contributed by atoms with Gasteiger partial charge in [-0.2, -0.15) is 5.10 Å². The first-order valence-corrected chi connectivity index (χ1v) is 9.99. The van der Waals surface area contributed by atoms with Crippen LogP contribution < -0.4 is 0 Å². The van der Waals surface area contributed by atoms with Gasteiger partial charge in [-0.3, -0.25) is 5.10 Å². The number of H-pyrrole nitrogens is 1. The number of aromatic amines is 1. The highest BCUT2D eigenvalue weighted by atomic mass is 32.2. The van der Waals surface area contributed by atoms with Crippen molar-refractivity contribution in [1.82, 2.24) is 15.2 Å². The largest absolute Gasteiger partial charge is 0.277 e. The quantitative estimate of drug-likeness (QED) is 0.607. The Hall–Kier alpha value is -2.51. The third-order valence-electron chi connectivity index (χ3n) is 3.76. The molecule has 0 aliphatic heterocycles. The summed E-state index contributed by atoms with van der Waals surface area (Å²) in [4.78, 5) is 4.96. The molecule has 0 unspecified atom stereocenters. The third-order valence-corrected chi connectivity index (χ3v) is 5.73. The van der Waals surface area contributed by atoms with Crippen LogP contribution in [0.2, 0.25) is 0 Å². The average Bonchev–Trinajstić information content (AvgIpc) is 3.21. The van der Waals surface area contributed by atoms with Crippen molar-refractivity contribution < 1.29 is 8.42 Å². The molecule has 1 N–H and O–H groups in total. The molecule has 2 heterocycles. The molecule has 2 aromatic heterocycles. The van der Waals surface area contributed by atoms with Crippen molar-refractivity contribution in [3.63, 3.8) is 0 Å². The Kier molecular flexibility index (Phi) is 3.47. The topological polar surface area (TPSA) is 75.7 Å². The van der Waals surface area contributed by atoms with Crippen LogP contribution >= 0.6 is 11.3 Å². The zero-order valence-corrected chi connectivity index (χ0v) is 14.4. The first-order chi connectivity index (χ1) is 11.5. The summed E-state index contributed by atoms with van der Waals surface area (Å²) in [7, 11) is -3.19. The van der Waals surface area contributed by atoms with Crippen LogP contribution in [0, 0.1) is 0 Å². The molecule has 0 atom stereocenters. The first-order valence-electron chi connectivity index (χ1n) is 7.22. The maximum Gasteiger partial charge on any atom is 0.175 e. The van der Waals surface area contributed by atoms with E-state index < -0.39 is 9.84 Å². The van der Waals surface area contributed by atoms with Crippen molar-refractivity contribution in [2.45, 2.75) is 4.90 Å². The fourth-order valence-corrected chi connectivity index (χ4v) is 3.98. The van der Waals surface area contributed by atoms with Gasteiger partial charge in [-0.05, 0) is 18.2 Å². The molecule has 7 heteroatoms. The highest BCUT2D eigenvalue weighted by Crippen LogP contribution is 2.32. The highest BCUT2D eigenvalue weighted by Gasteiger charge is 2.13. The SMILES string of the molecule is CS(=O)(=O)c1ccc(-c2csc(-c3n[nH]c4ccccc34)n2)cc1. The third kappa shape index (κ3) is 2.61. The van der Waals surface area contributed by atoms with Gasteiger partial charge in [0.2, 0.25) is 0 Å². The Bertz CT molecular complexity index is 1130. The van der Waals surface area contributed by atoms with E-state index in [1.54, 1.807) is 24.3 Å². The molecule has 2 aromatic carbocycles. The zero-order chi connectivity index (χ0) is 16.7. The van der Waals surface area contributed by atoms with Crippen molar-refractivity contribution in [2.75, 3.05) is 6.26 Å². The highest BCUT2D eigenvalue weighted by molar-refractivity contribution is 7.90. The van der Waals surface area contributed by atoms with Gasteiger partial charge in [0.1, 0.15) is 10.7 Å². The minimum Gasteiger partial charge on any atom is -0.277 e. The second-order valence-corrected chi connectivity index (χ2v) is 8.33. The van der Waals surface area contributed by atoms with Crippen LogP contribution in [0.5, 0.6) is 0 Å². The number of hydrogen-bond donors (Lipinski definition) is 1. The van der Waals surface area contributed by atoms with E-state index in [4.69, 9.17) is 0 Å². The Morgan fingerprint density at radius 2 is 1.79 bits per heavy atom. The smallest absolute Gasteiger partial charge is 0.175 e. The van der Waals surface area contributed by atoms with Crippen molar-refractivity contribution in [3.8, 4) is 22.0 Å². The molecule has 0 aliphatic rings. The van der Waals surface area contributed by atoms with Gasteiger partial charge in [-0.25, -0.2) is 13.4 Å². The van der Waals surface area contributed by atoms with Crippen LogP contribution in [0.4, 0.5) is 0 Å². The number of benzene rings is 2. The molecule has 0 aliphatic carbocycles. The molecule has 0 radical (unpaired) electrons. The Balaban J connectivity index is 1.73. The summed E-state index contributed by atoms with van der Waals surface area (Å²) in [6.07, 6.45) is 1.20. The number of fused-ring (bicyclic) bond motifs is 1. The summed E-state index contributed by atoms with van der Waals surface area (Å²) in [5.41, 5.74) is 3.49. The van der Waals surface area contributed by atoms with E-state index in [9.17, 15) is 8.42 Å². The van der Waals surface area contributed by atoms with E-state index >= 15 is 0 Å². The van der Waals surface area contributed by atoms with Gasteiger partial charge in [0.25, 0.3) is 0 Å². The van der Waals surface area contributed by atoms with Gasteiger partial charge in [-0.15, -0.1) is 11.3 Å². The maximum absolute atomic E-state index is 11.5. The number of para-hydroxylation sites is 1. The van der Waals surface area contributed by atoms with Crippen LogP contribution in [-0.2, 0) is 9.84 Å². The summed E-state index contributed by atoms with van der Waals surface area (Å²) in [6.45, 7) is 0. The lowest BCUT2D eigenvalue weighted by Gasteiger charge is -2.00. The van der Waals surface area contributed by atoms with E-state index in [1.165, 1.54) is 17.6 Å². The second kappa shape index (κ2) is 5.54. The molecule has 0 fully saturated rings. The molecule has 0 amide bonds. The molecule has 24 heavy (non-hydrogen) atoms. The summed E-state index contributed by atoms with van der Waals surface area (Å²) in [5.74, 6) is 0. The lowest BCUT2D eigenvalue weighted by molar-refractivity contribution is 0.602. The van der Waals surface area contributed by atoms with Crippen LogP contribution in [-0.4, -0.2) is 29.9 Å². The lowest BCUT2D eigenvalue weighted by Crippen LogP contribution is -1.96.